The number of nitro groups is 1. The number of hydrogen-bond acceptors (Lipinski definition) is 3. The number of rotatable bonds is 2. The summed E-state index contributed by atoms with van der Waals surface area (Å²) in [6, 6.07) is 19.0. The van der Waals surface area contributed by atoms with Crippen molar-refractivity contribution in [3.63, 3.8) is 0 Å². The van der Waals surface area contributed by atoms with E-state index in [4.69, 9.17) is 4.98 Å². The predicted octanol–water partition coefficient (Wildman–Crippen LogP) is 5.58. The lowest BCUT2D eigenvalue weighted by atomic mass is 9.95. The third-order valence-corrected chi connectivity index (χ3v) is 4.78. The zero-order valence-electron chi connectivity index (χ0n) is 14.0. The van der Waals surface area contributed by atoms with Crippen molar-refractivity contribution in [2.24, 2.45) is 0 Å². The van der Waals surface area contributed by atoms with Gasteiger partial charge in [-0.15, -0.1) is 0 Å². The van der Waals surface area contributed by atoms with Gasteiger partial charge < -0.3 is 0 Å². The zero-order valence-corrected chi connectivity index (χ0v) is 14.0. The van der Waals surface area contributed by atoms with Crippen LogP contribution < -0.4 is 0 Å². The van der Waals surface area contributed by atoms with Crippen LogP contribution in [0, 0.1) is 24.0 Å². The average molecular weight is 328 g/mol. The third-order valence-electron chi connectivity index (χ3n) is 4.78. The Bertz CT molecular complexity index is 1130. The molecule has 0 atom stereocenters. The molecule has 4 aromatic rings. The van der Waals surface area contributed by atoms with E-state index in [1.54, 1.807) is 12.1 Å². The van der Waals surface area contributed by atoms with Crippen LogP contribution in [0.4, 0.5) is 5.69 Å². The maximum Gasteiger partial charge on any atom is 0.269 e. The van der Waals surface area contributed by atoms with Gasteiger partial charge in [-0.1, -0.05) is 30.3 Å². The first kappa shape index (κ1) is 15.3. The lowest BCUT2D eigenvalue weighted by Gasteiger charge is -2.13. The quantitative estimate of drug-likeness (QED) is 0.274. The molecule has 0 bridgehead atoms. The summed E-state index contributed by atoms with van der Waals surface area (Å²) in [7, 11) is 0. The number of pyridine rings is 1. The van der Waals surface area contributed by atoms with Crippen LogP contribution >= 0.6 is 0 Å². The second-order valence-corrected chi connectivity index (χ2v) is 6.20. The molecule has 25 heavy (non-hydrogen) atoms. The first-order chi connectivity index (χ1) is 12.1. The zero-order chi connectivity index (χ0) is 17.6. The summed E-state index contributed by atoms with van der Waals surface area (Å²) in [5, 5.41) is 14.4. The lowest BCUT2D eigenvalue weighted by molar-refractivity contribution is -0.384. The van der Waals surface area contributed by atoms with E-state index >= 15 is 0 Å². The van der Waals surface area contributed by atoms with Gasteiger partial charge in [-0.2, -0.15) is 0 Å². The number of nitrogens with zero attached hydrogens (tertiary/aromatic N) is 2. The van der Waals surface area contributed by atoms with Crippen LogP contribution in [0.3, 0.4) is 0 Å². The summed E-state index contributed by atoms with van der Waals surface area (Å²) in [5.74, 6) is 0. The Morgan fingerprint density at radius 2 is 1.60 bits per heavy atom. The summed E-state index contributed by atoms with van der Waals surface area (Å²) in [4.78, 5) is 15.3. The van der Waals surface area contributed by atoms with E-state index in [2.05, 4.69) is 32.0 Å². The van der Waals surface area contributed by atoms with Crippen LogP contribution in [0.5, 0.6) is 0 Å². The van der Waals surface area contributed by atoms with Crippen LogP contribution in [-0.2, 0) is 0 Å². The first-order valence-corrected chi connectivity index (χ1v) is 8.10. The van der Waals surface area contributed by atoms with Gasteiger partial charge in [0.25, 0.3) is 5.69 Å². The lowest BCUT2D eigenvalue weighted by Crippen LogP contribution is -1.96. The minimum Gasteiger partial charge on any atom is -0.258 e. The van der Waals surface area contributed by atoms with E-state index in [0.717, 1.165) is 22.3 Å². The molecule has 1 heterocycles. The molecule has 0 saturated carbocycles. The van der Waals surface area contributed by atoms with Gasteiger partial charge in [0.15, 0.2) is 0 Å². The molecular formula is C21H16N2O2. The van der Waals surface area contributed by atoms with Gasteiger partial charge in [0.05, 0.1) is 16.1 Å². The van der Waals surface area contributed by atoms with Crippen LogP contribution in [0.2, 0.25) is 0 Å². The SMILES string of the molecule is Cc1c(-c2ccc([N+](=O)[O-])cc2)nc2ccc3ccccc3c2c1C. The minimum atomic E-state index is -0.387. The van der Waals surface area contributed by atoms with Gasteiger partial charge in [-0.25, -0.2) is 4.98 Å². The highest BCUT2D eigenvalue weighted by molar-refractivity contribution is 6.08. The number of benzene rings is 3. The molecule has 0 spiro atoms. The van der Waals surface area contributed by atoms with Crippen molar-refractivity contribution in [2.75, 3.05) is 0 Å². The van der Waals surface area contributed by atoms with Crippen molar-refractivity contribution in [3.8, 4) is 11.3 Å². The predicted molar refractivity (Wildman–Crippen MR) is 101 cm³/mol. The maximum absolute atomic E-state index is 10.9. The molecule has 4 rings (SSSR count). The van der Waals surface area contributed by atoms with Gasteiger partial charge in [0.1, 0.15) is 0 Å². The Morgan fingerprint density at radius 1 is 0.880 bits per heavy atom. The number of fused-ring (bicyclic) bond motifs is 3. The summed E-state index contributed by atoms with van der Waals surface area (Å²) in [5.41, 5.74) is 5.07. The van der Waals surface area contributed by atoms with Gasteiger partial charge in [-0.3, -0.25) is 10.1 Å². The molecule has 0 fully saturated rings. The van der Waals surface area contributed by atoms with E-state index in [0.29, 0.717) is 0 Å². The summed E-state index contributed by atoms with van der Waals surface area (Å²) >= 11 is 0. The molecular weight excluding hydrogens is 312 g/mol. The Labute approximate surface area is 144 Å². The Hall–Kier alpha value is -3.27. The monoisotopic (exact) mass is 328 g/mol. The molecule has 3 aromatic carbocycles. The van der Waals surface area contributed by atoms with E-state index in [9.17, 15) is 10.1 Å². The van der Waals surface area contributed by atoms with E-state index in [-0.39, 0.29) is 10.6 Å². The fraction of sp³-hybridized carbons (Fsp3) is 0.0952. The molecule has 0 aliphatic heterocycles. The molecule has 0 saturated heterocycles. The van der Waals surface area contributed by atoms with Crippen molar-refractivity contribution >= 4 is 27.4 Å². The molecule has 0 radical (unpaired) electrons. The van der Waals surface area contributed by atoms with Crippen molar-refractivity contribution in [2.45, 2.75) is 13.8 Å². The smallest absolute Gasteiger partial charge is 0.258 e. The fourth-order valence-electron chi connectivity index (χ4n) is 3.34. The van der Waals surface area contributed by atoms with Crippen LogP contribution in [0.25, 0.3) is 32.9 Å². The van der Waals surface area contributed by atoms with Crippen LogP contribution in [-0.4, -0.2) is 9.91 Å². The van der Waals surface area contributed by atoms with Crippen molar-refractivity contribution < 1.29 is 4.92 Å². The van der Waals surface area contributed by atoms with Gasteiger partial charge in [0, 0.05) is 23.1 Å². The number of aromatic nitrogens is 1. The molecule has 0 unspecified atom stereocenters. The highest BCUT2D eigenvalue weighted by Crippen LogP contribution is 2.33. The van der Waals surface area contributed by atoms with Crippen molar-refractivity contribution in [1.29, 1.82) is 0 Å². The number of non-ortho nitro benzene ring substituents is 1. The number of aryl methyl sites for hydroxylation is 1. The topological polar surface area (TPSA) is 56.0 Å². The minimum absolute atomic E-state index is 0.0879. The second-order valence-electron chi connectivity index (χ2n) is 6.20. The largest absolute Gasteiger partial charge is 0.269 e. The Balaban J connectivity index is 1.98. The Morgan fingerprint density at radius 3 is 2.32 bits per heavy atom. The normalized spacial score (nSPS) is 11.1. The highest BCUT2D eigenvalue weighted by Gasteiger charge is 2.14. The standard InChI is InChI=1S/C21H16N2O2/c1-13-14(2)21(16-7-10-17(11-8-16)23(24)25)22-19-12-9-15-5-3-4-6-18(15)20(13)19/h3-12H,1-2H3. The molecule has 0 amide bonds. The van der Waals surface area contributed by atoms with E-state index < -0.39 is 0 Å². The fourth-order valence-corrected chi connectivity index (χ4v) is 3.34. The van der Waals surface area contributed by atoms with Crippen LogP contribution in [0.1, 0.15) is 11.1 Å². The third kappa shape index (κ3) is 2.43. The van der Waals surface area contributed by atoms with Crippen LogP contribution in [0.15, 0.2) is 60.7 Å². The molecule has 122 valence electrons. The molecule has 0 aliphatic carbocycles. The highest BCUT2D eigenvalue weighted by atomic mass is 16.6. The molecule has 4 nitrogen and oxygen atoms in total. The average Bonchev–Trinajstić information content (AvgIpc) is 2.64. The van der Waals surface area contributed by atoms with Gasteiger partial charge >= 0.3 is 0 Å². The molecule has 1 aromatic heterocycles. The first-order valence-electron chi connectivity index (χ1n) is 8.10. The van der Waals surface area contributed by atoms with E-state index in [1.807, 2.05) is 18.2 Å². The second kappa shape index (κ2) is 5.67. The van der Waals surface area contributed by atoms with Crippen molar-refractivity contribution in [1.82, 2.24) is 4.98 Å². The molecule has 4 heteroatoms. The number of nitro benzene ring substituents is 1. The maximum atomic E-state index is 10.9. The van der Waals surface area contributed by atoms with Gasteiger partial charge in [0.2, 0.25) is 0 Å². The van der Waals surface area contributed by atoms with Gasteiger partial charge in [-0.05, 0) is 53.9 Å². The molecule has 0 N–H and O–H groups in total. The number of hydrogen-bond donors (Lipinski definition) is 0. The Kier molecular flexibility index (Phi) is 3.46. The summed E-state index contributed by atoms with van der Waals surface area (Å²) in [6.07, 6.45) is 0. The summed E-state index contributed by atoms with van der Waals surface area (Å²) in [6.45, 7) is 4.17. The molecule has 0 aliphatic rings. The van der Waals surface area contributed by atoms with Crippen molar-refractivity contribution in [3.05, 3.63) is 81.9 Å². The van der Waals surface area contributed by atoms with E-state index in [1.165, 1.54) is 33.9 Å². The summed E-state index contributed by atoms with van der Waals surface area (Å²) < 4.78 is 0.